The molecule has 0 aromatic carbocycles. The fourth-order valence-electron chi connectivity index (χ4n) is 1.09. The van der Waals surface area contributed by atoms with Crippen LogP contribution in [-0.2, 0) is 16.0 Å². The summed E-state index contributed by atoms with van der Waals surface area (Å²) in [5.74, 6) is -1.28. The smallest absolute Gasteiger partial charge is 0.325 e. The summed E-state index contributed by atoms with van der Waals surface area (Å²) in [7, 11) is 0. The van der Waals surface area contributed by atoms with Gasteiger partial charge in [0, 0.05) is 9.75 Å². The quantitative estimate of drug-likeness (QED) is 0.812. The molecule has 4 nitrogen and oxygen atoms in total. The molecular formula is C10H13NO3S. The average Bonchev–Trinajstić information content (AvgIpc) is 2.50. The number of amides is 1. The number of carboxylic acids is 1. The van der Waals surface area contributed by atoms with Crippen molar-refractivity contribution in [2.75, 3.05) is 0 Å². The molecule has 1 aromatic heterocycles. The second-order valence-electron chi connectivity index (χ2n) is 3.32. The van der Waals surface area contributed by atoms with Crippen LogP contribution in [0.3, 0.4) is 0 Å². The predicted octanol–water partition coefficient (Wildman–Crippen LogP) is 1.19. The summed E-state index contributed by atoms with van der Waals surface area (Å²) in [6.45, 7) is 3.41. The van der Waals surface area contributed by atoms with Crippen molar-refractivity contribution in [1.29, 1.82) is 0 Å². The zero-order chi connectivity index (χ0) is 11.4. The SMILES string of the molecule is Cc1ccc(CC(=O)NC(C)C(=O)O)s1. The Morgan fingerprint density at radius 1 is 1.53 bits per heavy atom. The van der Waals surface area contributed by atoms with E-state index in [1.54, 1.807) is 11.3 Å². The Morgan fingerprint density at radius 2 is 2.20 bits per heavy atom. The summed E-state index contributed by atoms with van der Waals surface area (Å²) in [6, 6.07) is 2.98. The molecule has 0 radical (unpaired) electrons. The van der Waals surface area contributed by atoms with E-state index >= 15 is 0 Å². The van der Waals surface area contributed by atoms with E-state index in [1.807, 2.05) is 19.1 Å². The Hall–Kier alpha value is -1.36. The highest BCUT2D eigenvalue weighted by molar-refractivity contribution is 7.12. The Morgan fingerprint density at radius 3 is 2.67 bits per heavy atom. The van der Waals surface area contributed by atoms with E-state index in [-0.39, 0.29) is 12.3 Å². The molecule has 1 atom stereocenters. The van der Waals surface area contributed by atoms with E-state index in [0.29, 0.717) is 0 Å². The minimum Gasteiger partial charge on any atom is -0.480 e. The molecule has 0 aliphatic rings. The van der Waals surface area contributed by atoms with Gasteiger partial charge < -0.3 is 10.4 Å². The van der Waals surface area contributed by atoms with Gasteiger partial charge in [0.1, 0.15) is 6.04 Å². The first-order valence-electron chi connectivity index (χ1n) is 4.56. The number of aryl methyl sites for hydroxylation is 1. The van der Waals surface area contributed by atoms with Crippen molar-refractivity contribution in [3.05, 3.63) is 21.9 Å². The largest absolute Gasteiger partial charge is 0.480 e. The van der Waals surface area contributed by atoms with Crippen LogP contribution in [0.4, 0.5) is 0 Å². The van der Waals surface area contributed by atoms with E-state index in [1.165, 1.54) is 6.92 Å². The molecule has 0 saturated heterocycles. The predicted molar refractivity (Wildman–Crippen MR) is 58.0 cm³/mol. The molecular weight excluding hydrogens is 214 g/mol. The van der Waals surface area contributed by atoms with Crippen LogP contribution in [0.5, 0.6) is 0 Å². The van der Waals surface area contributed by atoms with E-state index in [0.717, 1.165) is 9.75 Å². The van der Waals surface area contributed by atoms with E-state index in [2.05, 4.69) is 5.32 Å². The maximum Gasteiger partial charge on any atom is 0.325 e. The van der Waals surface area contributed by atoms with E-state index in [9.17, 15) is 9.59 Å². The molecule has 0 bridgehead atoms. The lowest BCUT2D eigenvalue weighted by atomic mass is 10.3. The van der Waals surface area contributed by atoms with E-state index in [4.69, 9.17) is 5.11 Å². The number of carbonyl (C=O) groups is 2. The summed E-state index contributed by atoms with van der Waals surface area (Å²) >= 11 is 1.54. The van der Waals surface area contributed by atoms with Crippen LogP contribution in [0.15, 0.2) is 12.1 Å². The third-order valence-corrected chi connectivity index (χ3v) is 2.88. The van der Waals surface area contributed by atoms with Gasteiger partial charge in [-0.05, 0) is 26.0 Å². The standard InChI is InChI=1S/C10H13NO3S/c1-6-3-4-8(15-6)5-9(12)11-7(2)10(13)14/h3-4,7H,5H2,1-2H3,(H,11,12)(H,13,14). The van der Waals surface area contributed by atoms with Crippen LogP contribution in [-0.4, -0.2) is 23.0 Å². The van der Waals surface area contributed by atoms with E-state index < -0.39 is 12.0 Å². The first-order chi connectivity index (χ1) is 6.99. The minimum atomic E-state index is -1.02. The number of hydrogen-bond donors (Lipinski definition) is 2. The number of thiophene rings is 1. The Balaban J connectivity index is 2.46. The molecule has 1 aromatic rings. The summed E-state index contributed by atoms with van der Waals surface area (Å²) in [4.78, 5) is 23.9. The van der Waals surface area contributed by atoms with Crippen molar-refractivity contribution < 1.29 is 14.7 Å². The lowest BCUT2D eigenvalue weighted by molar-refractivity contribution is -0.141. The molecule has 1 amide bonds. The lowest BCUT2D eigenvalue weighted by Gasteiger charge is -2.07. The molecule has 0 aliphatic heterocycles. The zero-order valence-corrected chi connectivity index (χ0v) is 9.43. The number of carboxylic acid groups (broad SMARTS) is 1. The third-order valence-electron chi connectivity index (χ3n) is 1.88. The number of nitrogens with one attached hydrogen (secondary N) is 1. The summed E-state index contributed by atoms with van der Waals surface area (Å²) in [5, 5.41) is 11.0. The molecule has 1 rings (SSSR count). The monoisotopic (exact) mass is 227 g/mol. The van der Waals surface area contributed by atoms with Gasteiger partial charge in [0.05, 0.1) is 6.42 Å². The first kappa shape index (κ1) is 11.7. The van der Waals surface area contributed by atoms with Gasteiger partial charge >= 0.3 is 5.97 Å². The topological polar surface area (TPSA) is 66.4 Å². The van der Waals surface area contributed by atoms with Crippen molar-refractivity contribution in [2.45, 2.75) is 26.3 Å². The third kappa shape index (κ3) is 3.71. The molecule has 0 fully saturated rings. The first-order valence-corrected chi connectivity index (χ1v) is 5.38. The highest BCUT2D eigenvalue weighted by Gasteiger charge is 2.14. The molecule has 0 saturated carbocycles. The van der Waals surface area contributed by atoms with Gasteiger partial charge in [-0.2, -0.15) is 0 Å². The van der Waals surface area contributed by atoms with Gasteiger partial charge in [-0.15, -0.1) is 11.3 Å². The second-order valence-corrected chi connectivity index (χ2v) is 4.69. The van der Waals surface area contributed by atoms with Crippen molar-refractivity contribution in [2.24, 2.45) is 0 Å². The van der Waals surface area contributed by atoms with Gasteiger partial charge in [0.25, 0.3) is 0 Å². The maximum atomic E-state index is 11.4. The summed E-state index contributed by atoms with van der Waals surface area (Å²) < 4.78 is 0. The Labute approximate surface area is 91.9 Å². The van der Waals surface area contributed by atoms with Crippen LogP contribution in [0.2, 0.25) is 0 Å². The van der Waals surface area contributed by atoms with Crippen LogP contribution in [0, 0.1) is 6.92 Å². The highest BCUT2D eigenvalue weighted by atomic mass is 32.1. The number of carbonyl (C=O) groups excluding carboxylic acids is 1. The Bertz CT molecular complexity index is 372. The van der Waals surface area contributed by atoms with Gasteiger partial charge in [0.2, 0.25) is 5.91 Å². The number of rotatable bonds is 4. The molecule has 2 N–H and O–H groups in total. The molecule has 0 spiro atoms. The molecule has 1 unspecified atom stereocenters. The maximum absolute atomic E-state index is 11.4. The summed E-state index contributed by atoms with van der Waals surface area (Å²) in [6.07, 6.45) is 0.246. The van der Waals surface area contributed by atoms with Crippen LogP contribution in [0.25, 0.3) is 0 Å². The van der Waals surface area contributed by atoms with Crippen molar-refractivity contribution in [3.63, 3.8) is 0 Å². The van der Waals surface area contributed by atoms with Crippen molar-refractivity contribution in [1.82, 2.24) is 5.32 Å². The van der Waals surface area contributed by atoms with Gasteiger partial charge in [-0.3, -0.25) is 9.59 Å². The lowest BCUT2D eigenvalue weighted by Crippen LogP contribution is -2.39. The second kappa shape index (κ2) is 4.93. The van der Waals surface area contributed by atoms with Crippen LogP contribution < -0.4 is 5.32 Å². The van der Waals surface area contributed by atoms with Crippen LogP contribution >= 0.6 is 11.3 Å². The fourth-order valence-corrected chi connectivity index (χ4v) is 1.98. The average molecular weight is 227 g/mol. The van der Waals surface area contributed by atoms with Gasteiger partial charge in [0.15, 0.2) is 0 Å². The van der Waals surface area contributed by atoms with Gasteiger partial charge in [-0.1, -0.05) is 0 Å². The number of aliphatic carboxylic acids is 1. The fraction of sp³-hybridized carbons (Fsp3) is 0.400. The van der Waals surface area contributed by atoms with Gasteiger partial charge in [-0.25, -0.2) is 0 Å². The molecule has 0 aliphatic carbocycles. The summed E-state index contributed by atoms with van der Waals surface area (Å²) in [5.41, 5.74) is 0. The molecule has 82 valence electrons. The highest BCUT2D eigenvalue weighted by Crippen LogP contribution is 2.15. The number of hydrogen-bond acceptors (Lipinski definition) is 3. The van der Waals surface area contributed by atoms with Crippen molar-refractivity contribution >= 4 is 23.2 Å². The molecule has 1 heterocycles. The van der Waals surface area contributed by atoms with Crippen molar-refractivity contribution in [3.8, 4) is 0 Å². The zero-order valence-electron chi connectivity index (χ0n) is 8.61. The normalized spacial score (nSPS) is 12.1. The molecule has 15 heavy (non-hydrogen) atoms. The molecule has 5 heteroatoms. The Kier molecular flexibility index (Phi) is 3.85. The van der Waals surface area contributed by atoms with Crippen LogP contribution in [0.1, 0.15) is 16.7 Å². The minimum absolute atomic E-state index is 0.246.